The Hall–Kier alpha value is -4.98. The molecule has 1 saturated heterocycles. The molecule has 4 rings (SSSR count). The second kappa shape index (κ2) is 16.4. The van der Waals surface area contributed by atoms with Gasteiger partial charge in [-0.1, -0.05) is 36.4 Å². The van der Waals surface area contributed by atoms with Crippen LogP contribution in [0.25, 0.3) is 0 Å². The number of carbonyl (C=O) groups excluding carboxylic acids is 4. The maximum Gasteiger partial charge on any atom is 0.303 e. The van der Waals surface area contributed by atoms with E-state index < -0.39 is 67.0 Å². The van der Waals surface area contributed by atoms with Crippen LogP contribution in [0.3, 0.4) is 0 Å². The van der Waals surface area contributed by atoms with Gasteiger partial charge in [0.05, 0.1) is 0 Å². The predicted molar refractivity (Wildman–Crippen MR) is 170 cm³/mol. The molecule has 1 aliphatic heterocycles. The summed E-state index contributed by atoms with van der Waals surface area (Å²) >= 11 is 0. The molecule has 0 bridgehead atoms. The Balaban J connectivity index is 1.69. The number of aromatic nitrogens is 2. The lowest BCUT2D eigenvalue weighted by Gasteiger charge is -2.43. The molecule has 0 radical (unpaired) electrons. The molecule has 1 aliphatic rings. The van der Waals surface area contributed by atoms with Crippen LogP contribution in [0.2, 0.25) is 0 Å². The van der Waals surface area contributed by atoms with Crippen LogP contribution in [-0.4, -0.2) is 71.0 Å². The monoisotopic (exact) mass is 684 g/mol. The SMILES string of the molecule is CC(=O)OC[C@H]1O[C@@H](Oc2nn(C(C)C)c(C)c2Cc2ccc(OCc3ccccc3)c(F)c2)[C@H](OC(C)=O)[C@@H](OC(C)=O)[C@@H]1OC(C)=O. The lowest BCUT2D eigenvalue weighted by molar-refractivity contribution is -0.289. The third-order valence-electron chi connectivity index (χ3n) is 7.52. The van der Waals surface area contributed by atoms with Crippen LogP contribution in [0, 0.1) is 12.7 Å². The van der Waals surface area contributed by atoms with Crippen LogP contribution in [0.5, 0.6) is 11.6 Å². The molecule has 49 heavy (non-hydrogen) atoms. The molecule has 0 amide bonds. The third kappa shape index (κ3) is 9.78. The van der Waals surface area contributed by atoms with Gasteiger partial charge in [-0.2, -0.15) is 0 Å². The fourth-order valence-corrected chi connectivity index (χ4v) is 5.43. The van der Waals surface area contributed by atoms with Crippen molar-refractivity contribution in [1.82, 2.24) is 9.78 Å². The Morgan fingerprint density at radius 1 is 0.857 bits per heavy atom. The first-order chi connectivity index (χ1) is 23.2. The van der Waals surface area contributed by atoms with Crippen molar-refractivity contribution in [2.45, 2.75) is 98.2 Å². The van der Waals surface area contributed by atoms with Crippen LogP contribution >= 0.6 is 0 Å². The summed E-state index contributed by atoms with van der Waals surface area (Å²) in [6.45, 7) is 10.0. The highest BCUT2D eigenvalue weighted by atomic mass is 19.1. The van der Waals surface area contributed by atoms with Gasteiger partial charge in [-0.3, -0.25) is 23.9 Å². The summed E-state index contributed by atoms with van der Waals surface area (Å²) in [7, 11) is 0. The van der Waals surface area contributed by atoms with Gasteiger partial charge in [0.2, 0.25) is 18.3 Å². The molecule has 0 saturated carbocycles. The van der Waals surface area contributed by atoms with Gasteiger partial charge in [-0.25, -0.2) is 4.39 Å². The summed E-state index contributed by atoms with van der Waals surface area (Å²) < 4.78 is 56.7. The molecule has 0 unspecified atom stereocenters. The van der Waals surface area contributed by atoms with E-state index in [9.17, 15) is 19.2 Å². The van der Waals surface area contributed by atoms with Crippen molar-refractivity contribution in [3.05, 3.63) is 76.7 Å². The molecule has 2 heterocycles. The molecule has 13 nitrogen and oxygen atoms in total. The summed E-state index contributed by atoms with van der Waals surface area (Å²) in [5.74, 6) is -3.33. The molecular formula is C35H41FN2O11. The van der Waals surface area contributed by atoms with Crippen LogP contribution in [0.15, 0.2) is 48.5 Å². The van der Waals surface area contributed by atoms with Crippen LogP contribution in [0.1, 0.15) is 70.0 Å². The Bertz CT molecular complexity index is 1640. The highest BCUT2D eigenvalue weighted by Crippen LogP contribution is 2.34. The van der Waals surface area contributed by atoms with Crippen molar-refractivity contribution < 1.29 is 56.7 Å². The van der Waals surface area contributed by atoms with E-state index >= 15 is 4.39 Å². The first-order valence-electron chi connectivity index (χ1n) is 15.7. The van der Waals surface area contributed by atoms with E-state index in [1.54, 1.807) is 16.8 Å². The summed E-state index contributed by atoms with van der Waals surface area (Å²) in [4.78, 5) is 48.3. The van der Waals surface area contributed by atoms with Gasteiger partial charge in [0, 0.05) is 51.4 Å². The van der Waals surface area contributed by atoms with Crippen molar-refractivity contribution in [3.8, 4) is 11.6 Å². The Morgan fingerprint density at radius 2 is 1.49 bits per heavy atom. The molecule has 264 valence electrons. The summed E-state index contributed by atoms with van der Waals surface area (Å²) in [6, 6.07) is 13.9. The normalized spacial score (nSPS) is 20.3. The van der Waals surface area contributed by atoms with Crippen LogP contribution < -0.4 is 9.47 Å². The number of hydrogen-bond acceptors (Lipinski definition) is 12. The van der Waals surface area contributed by atoms with Gasteiger partial charge < -0.3 is 33.2 Å². The van der Waals surface area contributed by atoms with E-state index in [-0.39, 0.29) is 30.7 Å². The lowest BCUT2D eigenvalue weighted by atomic mass is 9.98. The molecule has 1 aromatic heterocycles. The highest BCUT2D eigenvalue weighted by Gasteiger charge is 2.53. The largest absolute Gasteiger partial charge is 0.486 e. The number of esters is 4. The van der Waals surface area contributed by atoms with E-state index in [1.807, 2.05) is 51.1 Å². The lowest BCUT2D eigenvalue weighted by Crippen LogP contribution is -2.63. The zero-order chi connectivity index (χ0) is 35.8. The van der Waals surface area contributed by atoms with Gasteiger partial charge in [-0.05, 0) is 44.0 Å². The fraction of sp³-hybridized carbons (Fsp3) is 0.457. The first kappa shape index (κ1) is 36.8. The van der Waals surface area contributed by atoms with Crippen molar-refractivity contribution in [3.63, 3.8) is 0 Å². The molecule has 2 aromatic carbocycles. The van der Waals surface area contributed by atoms with E-state index in [0.717, 1.165) is 26.3 Å². The van der Waals surface area contributed by atoms with Gasteiger partial charge in [0.1, 0.15) is 19.3 Å². The second-order valence-electron chi connectivity index (χ2n) is 11.8. The smallest absolute Gasteiger partial charge is 0.303 e. The highest BCUT2D eigenvalue weighted by molar-refractivity contribution is 5.68. The van der Waals surface area contributed by atoms with Gasteiger partial charge >= 0.3 is 23.9 Å². The minimum Gasteiger partial charge on any atom is -0.486 e. The number of nitrogens with zero attached hydrogens (tertiary/aromatic N) is 2. The maximum atomic E-state index is 15.2. The quantitative estimate of drug-likeness (QED) is 0.184. The zero-order valence-corrected chi connectivity index (χ0v) is 28.5. The van der Waals surface area contributed by atoms with E-state index in [4.69, 9.17) is 33.2 Å². The Labute approximate surface area is 283 Å². The number of hydrogen-bond donors (Lipinski definition) is 0. The fourth-order valence-electron chi connectivity index (χ4n) is 5.43. The van der Waals surface area contributed by atoms with E-state index in [0.29, 0.717) is 16.8 Å². The number of ether oxygens (including phenoxy) is 7. The molecular weight excluding hydrogens is 643 g/mol. The van der Waals surface area contributed by atoms with Gasteiger partial charge in [0.15, 0.2) is 23.8 Å². The minimum absolute atomic E-state index is 0.0666. The van der Waals surface area contributed by atoms with Gasteiger partial charge in [0.25, 0.3) is 0 Å². The second-order valence-corrected chi connectivity index (χ2v) is 11.8. The summed E-state index contributed by atoms with van der Waals surface area (Å²) in [6.07, 6.45) is -6.73. The van der Waals surface area contributed by atoms with E-state index in [1.165, 1.54) is 13.0 Å². The Kier molecular flexibility index (Phi) is 12.3. The van der Waals surface area contributed by atoms with Crippen molar-refractivity contribution in [2.75, 3.05) is 6.61 Å². The van der Waals surface area contributed by atoms with Gasteiger partial charge in [-0.15, -0.1) is 5.10 Å². The van der Waals surface area contributed by atoms with Crippen LogP contribution in [-0.2, 0) is 55.9 Å². The Morgan fingerprint density at radius 3 is 2.08 bits per heavy atom. The van der Waals surface area contributed by atoms with Crippen molar-refractivity contribution in [2.24, 2.45) is 0 Å². The van der Waals surface area contributed by atoms with E-state index in [2.05, 4.69) is 5.10 Å². The number of rotatable bonds is 13. The molecule has 5 atom stereocenters. The predicted octanol–water partition coefficient (Wildman–Crippen LogP) is 4.54. The molecule has 0 N–H and O–H groups in total. The van der Waals surface area contributed by atoms with Crippen LogP contribution in [0.4, 0.5) is 4.39 Å². The minimum atomic E-state index is -1.49. The number of benzene rings is 2. The molecule has 3 aromatic rings. The zero-order valence-electron chi connectivity index (χ0n) is 28.5. The molecule has 14 heteroatoms. The van der Waals surface area contributed by atoms with Crippen molar-refractivity contribution >= 4 is 23.9 Å². The average Bonchev–Trinajstić information content (AvgIpc) is 3.32. The first-order valence-corrected chi connectivity index (χ1v) is 15.7. The number of carbonyl (C=O) groups is 4. The summed E-state index contributed by atoms with van der Waals surface area (Å²) in [5.41, 5.74) is 2.76. The maximum absolute atomic E-state index is 15.2. The summed E-state index contributed by atoms with van der Waals surface area (Å²) in [5, 5.41) is 4.65. The number of halogens is 1. The molecule has 1 fully saturated rings. The standard InChI is InChI=1S/C35H41FN2O11/c1-19(2)38-20(3)27(15-26-13-14-29(28(36)16-26)44-17-25-11-9-8-10-12-25)34(37-38)49-35-33(47-24(7)42)32(46-23(6)41)31(45-22(5)40)30(48-35)18-43-21(4)39/h8-14,16,19,30-33,35H,15,17-18H2,1-7H3/t30-,31-,32+,33-,35+/m1/s1. The molecule has 0 aliphatic carbocycles. The average molecular weight is 685 g/mol. The molecule has 0 spiro atoms. The third-order valence-corrected chi connectivity index (χ3v) is 7.52. The van der Waals surface area contributed by atoms with Crippen molar-refractivity contribution in [1.29, 1.82) is 0 Å². The topological polar surface area (TPSA) is 151 Å².